The number of nitrogens with zero attached hydrogens (tertiary/aromatic N) is 1. The van der Waals surface area contributed by atoms with E-state index in [1.165, 1.54) is 12.1 Å². The van der Waals surface area contributed by atoms with Gasteiger partial charge in [0.05, 0.1) is 5.69 Å². The van der Waals surface area contributed by atoms with Crippen molar-refractivity contribution >= 4 is 28.9 Å². The van der Waals surface area contributed by atoms with Crippen LogP contribution in [-0.2, 0) is 4.79 Å². The average Bonchev–Trinajstić information content (AvgIpc) is 2.70. The van der Waals surface area contributed by atoms with Crippen LogP contribution < -0.4 is 10.6 Å². The highest BCUT2D eigenvalue weighted by molar-refractivity contribution is 6.20. The molecule has 0 radical (unpaired) electrons. The minimum Gasteiger partial charge on any atom is -0.336 e. The van der Waals surface area contributed by atoms with Gasteiger partial charge in [-0.1, -0.05) is 19.4 Å². The number of halogens is 3. The number of urea groups is 1. The highest BCUT2D eigenvalue weighted by Crippen LogP contribution is 2.32. The molecule has 5 nitrogen and oxygen atoms in total. The number of hydrogen-bond donors (Lipinski definition) is 2. The first-order valence-electron chi connectivity index (χ1n) is 10.6. The van der Waals surface area contributed by atoms with Gasteiger partial charge in [0.2, 0.25) is 0 Å². The van der Waals surface area contributed by atoms with Crippen LogP contribution >= 0.6 is 0 Å². The lowest BCUT2D eigenvalue weighted by Gasteiger charge is -2.35. The molecule has 0 unspecified atom stereocenters. The summed E-state index contributed by atoms with van der Waals surface area (Å²) in [6, 6.07) is 4.48. The molecule has 1 heterocycles. The second kappa shape index (κ2) is 9.89. The Morgan fingerprint density at radius 3 is 2.38 bits per heavy atom. The van der Waals surface area contributed by atoms with Gasteiger partial charge in [-0.25, -0.2) is 18.0 Å². The Bertz CT molecular complexity index is 1050. The zero-order valence-corrected chi connectivity index (χ0v) is 18.3. The number of carbonyl (C=O) groups is 2. The zero-order valence-electron chi connectivity index (χ0n) is 18.3. The van der Waals surface area contributed by atoms with Gasteiger partial charge in [0.25, 0.3) is 5.91 Å². The molecule has 0 saturated carbocycles. The Labute approximate surface area is 185 Å². The van der Waals surface area contributed by atoms with Crippen molar-refractivity contribution in [3.05, 3.63) is 65.0 Å². The van der Waals surface area contributed by atoms with Crippen molar-refractivity contribution in [1.29, 1.82) is 0 Å². The SMILES string of the molecule is CCC[C@H]1CC=C(c2cc(NC(=O)Nc3cc(F)cc(F)c3)c(F)cc2C)C(=O)N1CC. The highest BCUT2D eigenvalue weighted by Gasteiger charge is 2.30. The Balaban J connectivity index is 1.86. The summed E-state index contributed by atoms with van der Waals surface area (Å²) in [5.74, 6) is -2.52. The number of rotatable bonds is 6. The molecule has 32 heavy (non-hydrogen) atoms. The quantitative estimate of drug-likeness (QED) is 0.585. The molecule has 1 atom stereocenters. The summed E-state index contributed by atoms with van der Waals surface area (Å²) < 4.78 is 41.2. The second-order valence-electron chi connectivity index (χ2n) is 7.77. The maximum Gasteiger partial charge on any atom is 0.323 e. The molecule has 3 amide bonds. The summed E-state index contributed by atoms with van der Waals surface area (Å²) in [5, 5.41) is 4.62. The number of likely N-dealkylation sites (N-methyl/N-ethyl adjacent to an activating group) is 1. The van der Waals surface area contributed by atoms with E-state index >= 15 is 0 Å². The number of amides is 3. The Morgan fingerprint density at radius 1 is 1.06 bits per heavy atom. The molecule has 170 valence electrons. The molecular weight excluding hydrogens is 419 g/mol. The molecule has 0 spiro atoms. The number of aryl methyl sites for hydroxylation is 1. The number of benzene rings is 2. The number of nitrogens with one attached hydrogen (secondary N) is 2. The maximum atomic E-state index is 14.6. The summed E-state index contributed by atoms with van der Waals surface area (Å²) >= 11 is 0. The molecule has 0 saturated heterocycles. The Hall–Kier alpha value is -3.29. The van der Waals surface area contributed by atoms with Gasteiger partial charge in [0.1, 0.15) is 17.5 Å². The molecule has 1 aliphatic heterocycles. The van der Waals surface area contributed by atoms with Crippen molar-refractivity contribution in [1.82, 2.24) is 4.90 Å². The standard InChI is InChI=1S/C24H26F3N3O2/c1-4-6-18-7-8-19(23(31)30(18)5-2)20-13-22(21(27)9-14(20)3)29-24(32)28-17-11-15(25)10-16(26)12-17/h8-13,18H,4-7H2,1-3H3,(H2,28,29,32)/t18-/m0/s1. The molecule has 3 rings (SSSR count). The first-order chi connectivity index (χ1) is 15.2. The maximum absolute atomic E-state index is 14.6. The van der Waals surface area contributed by atoms with Crippen molar-refractivity contribution in [3.63, 3.8) is 0 Å². The fourth-order valence-corrected chi connectivity index (χ4v) is 3.99. The van der Waals surface area contributed by atoms with Gasteiger partial charge >= 0.3 is 6.03 Å². The predicted molar refractivity (Wildman–Crippen MR) is 119 cm³/mol. The first kappa shape index (κ1) is 23.4. The fraction of sp³-hybridized carbons (Fsp3) is 0.333. The normalized spacial score (nSPS) is 16.1. The van der Waals surface area contributed by atoms with Gasteiger partial charge < -0.3 is 15.5 Å². The number of anilines is 2. The minimum absolute atomic E-state index is 0.113. The van der Waals surface area contributed by atoms with Crippen molar-refractivity contribution in [2.45, 2.75) is 46.1 Å². The Kier molecular flexibility index (Phi) is 7.22. The van der Waals surface area contributed by atoms with Crippen molar-refractivity contribution in [3.8, 4) is 0 Å². The van der Waals surface area contributed by atoms with E-state index in [0.717, 1.165) is 25.0 Å². The molecule has 2 aromatic rings. The van der Waals surface area contributed by atoms with E-state index in [2.05, 4.69) is 17.6 Å². The summed E-state index contributed by atoms with van der Waals surface area (Å²) in [7, 11) is 0. The van der Waals surface area contributed by atoms with Crippen LogP contribution in [0.3, 0.4) is 0 Å². The summed E-state index contributed by atoms with van der Waals surface area (Å²) in [4.78, 5) is 27.2. The van der Waals surface area contributed by atoms with E-state index in [1.807, 2.05) is 17.9 Å². The third-order valence-corrected chi connectivity index (χ3v) is 5.46. The smallest absolute Gasteiger partial charge is 0.323 e. The average molecular weight is 445 g/mol. The lowest BCUT2D eigenvalue weighted by atomic mass is 9.91. The summed E-state index contributed by atoms with van der Waals surface area (Å²) in [6.07, 6.45) is 4.44. The molecule has 8 heteroatoms. The summed E-state index contributed by atoms with van der Waals surface area (Å²) in [6.45, 7) is 6.26. The van der Waals surface area contributed by atoms with E-state index < -0.39 is 23.5 Å². The monoisotopic (exact) mass is 445 g/mol. The zero-order chi connectivity index (χ0) is 23.4. The molecule has 2 aromatic carbocycles. The number of carbonyl (C=O) groups excluding carboxylic acids is 2. The second-order valence-corrected chi connectivity index (χ2v) is 7.77. The van der Waals surface area contributed by atoms with Crippen LogP contribution in [0.2, 0.25) is 0 Å². The molecule has 0 aliphatic carbocycles. The molecule has 0 fully saturated rings. The third kappa shape index (κ3) is 5.12. The van der Waals surface area contributed by atoms with E-state index in [4.69, 9.17) is 0 Å². The predicted octanol–water partition coefficient (Wildman–Crippen LogP) is 5.86. The van der Waals surface area contributed by atoms with Crippen LogP contribution in [0, 0.1) is 24.4 Å². The Morgan fingerprint density at radius 2 is 1.75 bits per heavy atom. The minimum atomic E-state index is -0.870. The van der Waals surface area contributed by atoms with Crippen LogP contribution in [0.1, 0.15) is 44.2 Å². The third-order valence-electron chi connectivity index (χ3n) is 5.46. The lowest BCUT2D eigenvalue weighted by Crippen LogP contribution is -2.43. The van der Waals surface area contributed by atoms with E-state index in [9.17, 15) is 22.8 Å². The van der Waals surface area contributed by atoms with Crippen LogP contribution in [0.25, 0.3) is 5.57 Å². The van der Waals surface area contributed by atoms with Crippen LogP contribution in [-0.4, -0.2) is 29.4 Å². The largest absolute Gasteiger partial charge is 0.336 e. The van der Waals surface area contributed by atoms with Gasteiger partial charge in [0.15, 0.2) is 0 Å². The lowest BCUT2D eigenvalue weighted by molar-refractivity contribution is -0.127. The molecule has 2 N–H and O–H groups in total. The molecule has 1 aliphatic rings. The molecular formula is C24H26F3N3O2. The highest BCUT2D eigenvalue weighted by atomic mass is 19.1. The van der Waals surface area contributed by atoms with Crippen LogP contribution in [0.5, 0.6) is 0 Å². The van der Waals surface area contributed by atoms with Crippen molar-refractivity contribution in [2.24, 2.45) is 0 Å². The van der Waals surface area contributed by atoms with Gasteiger partial charge in [-0.05, 0) is 62.1 Å². The van der Waals surface area contributed by atoms with Gasteiger partial charge in [-0.2, -0.15) is 0 Å². The fourth-order valence-electron chi connectivity index (χ4n) is 3.99. The van der Waals surface area contributed by atoms with Crippen molar-refractivity contribution < 1.29 is 22.8 Å². The molecule has 0 bridgehead atoms. The summed E-state index contributed by atoms with van der Waals surface area (Å²) in [5.41, 5.74) is 1.29. The van der Waals surface area contributed by atoms with E-state index in [1.54, 1.807) is 6.92 Å². The van der Waals surface area contributed by atoms with E-state index in [0.29, 0.717) is 35.7 Å². The van der Waals surface area contributed by atoms with Crippen molar-refractivity contribution in [2.75, 3.05) is 17.2 Å². The van der Waals surface area contributed by atoms with Gasteiger partial charge in [0, 0.05) is 29.9 Å². The topological polar surface area (TPSA) is 61.4 Å². The van der Waals surface area contributed by atoms with Gasteiger partial charge in [-0.3, -0.25) is 4.79 Å². The van der Waals surface area contributed by atoms with Crippen LogP contribution in [0.4, 0.5) is 29.3 Å². The van der Waals surface area contributed by atoms with E-state index in [-0.39, 0.29) is 23.3 Å². The van der Waals surface area contributed by atoms with Crippen LogP contribution in [0.15, 0.2) is 36.4 Å². The first-order valence-corrected chi connectivity index (χ1v) is 10.6. The molecule has 0 aromatic heterocycles. The number of hydrogen-bond acceptors (Lipinski definition) is 2. The van der Waals surface area contributed by atoms with Gasteiger partial charge in [-0.15, -0.1) is 0 Å².